The summed E-state index contributed by atoms with van der Waals surface area (Å²) >= 11 is 8.60. The highest BCUT2D eigenvalue weighted by Crippen LogP contribution is 2.50. The minimum Gasteiger partial charge on any atom is -0.353 e. The van der Waals surface area contributed by atoms with Crippen molar-refractivity contribution in [1.29, 1.82) is 0 Å². The van der Waals surface area contributed by atoms with Crippen molar-refractivity contribution in [2.75, 3.05) is 23.7 Å². The van der Waals surface area contributed by atoms with Crippen LogP contribution in [0, 0.1) is 0 Å². The van der Waals surface area contributed by atoms with E-state index in [2.05, 4.69) is 10.3 Å². The summed E-state index contributed by atoms with van der Waals surface area (Å²) in [6.45, 7) is 5.47. The lowest BCUT2D eigenvalue weighted by molar-refractivity contribution is -0.137. The number of amides is 1. The number of hydrogen-bond donors (Lipinski definition) is 1. The maximum Gasteiger partial charge on any atom is 0.417 e. The highest BCUT2D eigenvalue weighted by Gasteiger charge is 2.41. The van der Waals surface area contributed by atoms with Crippen LogP contribution in [0.15, 0.2) is 51.5 Å². The van der Waals surface area contributed by atoms with Crippen molar-refractivity contribution >= 4 is 57.3 Å². The average Bonchev–Trinajstić information content (AvgIpc) is 3.46. The molecule has 43 heavy (non-hydrogen) atoms. The number of carbonyl (C=O) groups excluding carboxylic acids is 1. The first-order valence-corrected chi connectivity index (χ1v) is 16.2. The number of thioether (sulfide) groups is 1. The van der Waals surface area contributed by atoms with Gasteiger partial charge in [0.1, 0.15) is 5.82 Å². The van der Waals surface area contributed by atoms with Crippen molar-refractivity contribution in [3.8, 4) is 10.4 Å². The van der Waals surface area contributed by atoms with Gasteiger partial charge in [0.25, 0.3) is 5.91 Å². The molecule has 2 aromatic heterocycles. The number of halogens is 4. The molecule has 4 aromatic rings. The van der Waals surface area contributed by atoms with Crippen LogP contribution in [0.4, 0.5) is 19.0 Å². The van der Waals surface area contributed by atoms with Gasteiger partial charge in [-0.15, -0.1) is 23.1 Å². The largest absolute Gasteiger partial charge is 0.417 e. The normalized spacial score (nSPS) is 22.3. The third kappa shape index (κ3) is 4.92. The third-order valence-electron chi connectivity index (χ3n) is 8.28. The molecular formula is C30H27ClF3N5O2S2. The molecule has 0 spiro atoms. The van der Waals surface area contributed by atoms with Gasteiger partial charge in [0.05, 0.1) is 22.1 Å². The molecule has 1 saturated heterocycles. The summed E-state index contributed by atoms with van der Waals surface area (Å²) < 4.78 is 46.2. The number of carbonyl (C=O) groups is 1. The topological polar surface area (TPSA) is 70.5 Å². The average molecular weight is 646 g/mol. The second-order valence-electron chi connectivity index (χ2n) is 11.4. The number of benzene rings is 2. The lowest BCUT2D eigenvalue weighted by Gasteiger charge is -2.37. The van der Waals surface area contributed by atoms with Crippen molar-refractivity contribution in [2.24, 2.45) is 0 Å². The molecule has 0 unspecified atom stereocenters. The molecule has 3 atom stereocenters. The first-order valence-electron chi connectivity index (χ1n) is 14.0. The summed E-state index contributed by atoms with van der Waals surface area (Å²) in [5, 5.41) is 5.65. The van der Waals surface area contributed by atoms with E-state index < -0.39 is 23.5 Å². The highest BCUT2D eigenvalue weighted by atomic mass is 35.5. The van der Waals surface area contributed by atoms with E-state index in [0.29, 0.717) is 51.3 Å². The minimum absolute atomic E-state index is 0.00549. The monoisotopic (exact) mass is 645 g/mol. The Kier molecular flexibility index (Phi) is 7.03. The van der Waals surface area contributed by atoms with E-state index in [1.807, 2.05) is 36.9 Å². The Balaban J connectivity index is 1.47. The van der Waals surface area contributed by atoms with Gasteiger partial charge >= 0.3 is 11.9 Å². The number of piperazine rings is 1. The number of anilines is 1. The van der Waals surface area contributed by atoms with Crippen LogP contribution in [0.2, 0.25) is 5.02 Å². The molecule has 0 radical (unpaired) electrons. The van der Waals surface area contributed by atoms with Gasteiger partial charge in [0, 0.05) is 75.7 Å². The number of nitrogens with one attached hydrogen (secondary N) is 1. The molecule has 1 fully saturated rings. The molecule has 1 amide bonds. The van der Waals surface area contributed by atoms with Gasteiger partial charge in [-0.3, -0.25) is 9.36 Å². The Bertz CT molecular complexity index is 1830. The summed E-state index contributed by atoms with van der Waals surface area (Å²) in [6, 6.07) is 9.70. The summed E-state index contributed by atoms with van der Waals surface area (Å²) in [6.07, 6.45) is -4.68. The van der Waals surface area contributed by atoms with Crippen LogP contribution < -0.4 is 15.9 Å². The van der Waals surface area contributed by atoms with Crippen LogP contribution in [0.25, 0.3) is 21.3 Å². The van der Waals surface area contributed by atoms with Gasteiger partial charge < -0.3 is 15.1 Å². The van der Waals surface area contributed by atoms with E-state index in [0.717, 1.165) is 23.0 Å². The van der Waals surface area contributed by atoms with Crippen molar-refractivity contribution in [2.45, 2.75) is 56.1 Å². The molecule has 1 N–H and O–H groups in total. The Morgan fingerprint density at radius 2 is 1.81 bits per heavy atom. The number of aromatic nitrogens is 2. The van der Waals surface area contributed by atoms with Crippen molar-refractivity contribution in [3.63, 3.8) is 0 Å². The van der Waals surface area contributed by atoms with Crippen molar-refractivity contribution in [1.82, 2.24) is 19.8 Å². The maximum atomic E-state index is 14.9. The molecule has 5 heterocycles. The number of nitrogens with zero attached hydrogens (tertiary/aromatic N) is 4. The molecule has 7 nitrogen and oxygen atoms in total. The molecule has 3 aliphatic heterocycles. The lowest BCUT2D eigenvalue weighted by Crippen LogP contribution is -2.55. The Labute approximate surface area is 258 Å². The molecule has 3 aliphatic rings. The van der Waals surface area contributed by atoms with Crippen molar-refractivity contribution in [3.05, 3.63) is 74.0 Å². The van der Waals surface area contributed by atoms with Crippen LogP contribution in [-0.4, -0.2) is 57.3 Å². The second-order valence-corrected chi connectivity index (χ2v) is 13.8. The minimum atomic E-state index is -4.68. The van der Waals surface area contributed by atoms with E-state index in [4.69, 9.17) is 11.6 Å². The van der Waals surface area contributed by atoms with Gasteiger partial charge in [-0.05, 0) is 37.6 Å². The number of hydrogen-bond acceptors (Lipinski definition) is 7. The molecule has 224 valence electrons. The Morgan fingerprint density at radius 1 is 1.07 bits per heavy atom. The predicted molar refractivity (Wildman–Crippen MR) is 164 cm³/mol. The lowest BCUT2D eigenvalue weighted by atomic mass is 10.0. The number of thiophene rings is 1. The van der Waals surface area contributed by atoms with Gasteiger partial charge in [-0.25, -0.2) is 4.79 Å². The molecule has 0 aliphatic carbocycles. The zero-order chi connectivity index (χ0) is 30.2. The molecular weight excluding hydrogens is 619 g/mol. The third-order valence-corrected chi connectivity index (χ3v) is 10.8. The van der Waals surface area contributed by atoms with Crippen LogP contribution in [-0.2, 0) is 19.3 Å². The smallest absolute Gasteiger partial charge is 0.353 e. The van der Waals surface area contributed by atoms with Gasteiger partial charge in [0.15, 0.2) is 0 Å². The van der Waals surface area contributed by atoms with Crippen LogP contribution in [0.3, 0.4) is 0 Å². The number of fused-ring (bicyclic) bond motifs is 1. The molecule has 2 aromatic carbocycles. The fourth-order valence-corrected chi connectivity index (χ4v) is 9.13. The summed E-state index contributed by atoms with van der Waals surface area (Å²) in [5.41, 5.74) is 0.572. The zero-order valence-electron chi connectivity index (χ0n) is 23.2. The van der Waals surface area contributed by atoms with Crippen LogP contribution >= 0.6 is 34.7 Å². The quantitative estimate of drug-likeness (QED) is 0.290. The first-order chi connectivity index (χ1) is 20.5. The van der Waals surface area contributed by atoms with Crippen molar-refractivity contribution < 1.29 is 18.0 Å². The van der Waals surface area contributed by atoms with E-state index >= 15 is 0 Å². The maximum absolute atomic E-state index is 14.9. The highest BCUT2D eigenvalue weighted by molar-refractivity contribution is 7.99. The summed E-state index contributed by atoms with van der Waals surface area (Å²) in [5.74, 6) is 0.411. The van der Waals surface area contributed by atoms with Crippen LogP contribution in [0.5, 0.6) is 0 Å². The fourth-order valence-electron chi connectivity index (χ4n) is 6.56. The fraction of sp³-hybridized carbons (Fsp3) is 0.367. The summed E-state index contributed by atoms with van der Waals surface area (Å²) in [7, 11) is 0. The summed E-state index contributed by atoms with van der Waals surface area (Å²) in [4.78, 5) is 36.1. The van der Waals surface area contributed by atoms with E-state index in [-0.39, 0.29) is 41.3 Å². The molecule has 0 bridgehead atoms. The number of rotatable bonds is 3. The zero-order valence-corrected chi connectivity index (χ0v) is 25.6. The Hall–Kier alpha value is -3.06. The van der Waals surface area contributed by atoms with Gasteiger partial charge in [-0.1, -0.05) is 29.8 Å². The predicted octanol–water partition coefficient (Wildman–Crippen LogP) is 6.11. The standard InChI is InChI=1S/C30H27ClF3N5O2S2/c1-15-9-37(10-16(2)35-15)27-21-8-22(30(32,33)34)24(23-7-18(31)13-42-23)26-25(21)39(29(41)36-27)12-19(14-43-26)38-11-17-5-3-4-6-20(17)28(38)40/h3-8,13,15-16,19,35H,9-12,14H2,1-2H3/t15-,16+,19-/m0/s1. The Morgan fingerprint density at radius 3 is 2.49 bits per heavy atom. The molecule has 0 saturated carbocycles. The first kappa shape index (κ1) is 28.7. The SMILES string of the molecule is C[C@@H]1CN(c2nc(=O)n3c4c(c(-c5cc(Cl)cs5)c(C(F)(F)F)cc24)SC[C@@H](N2Cc4ccccc4C2=O)C3)C[C@H](C)N1. The van der Waals surface area contributed by atoms with E-state index in [1.54, 1.807) is 16.3 Å². The number of alkyl halides is 3. The van der Waals surface area contributed by atoms with E-state index in [1.165, 1.54) is 22.4 Å². The molecule has 7 rings (SSSR count). The van der Waals surface area contributed by atoms with Gasteiger partial charge in [-0.2, -0.15) is 18.2 Å². The van der Waals surface area contributed by atoms with Crippen LogP contribution in [0.1, 0.15) is 35.3 Å². The van der Waals surface area contributed by atoms with E-state index in [9.17, 15) is 22.8 Å². The second kappa shape index (κ2) is 10.5. The molecule has 13 heteroatoms. The van der Waals surface area contributed by atoms with Gasteiger partial charge in [0.2, 0.25) is 0 Å².